The first-order chi connectivity index (χ1) is 4.09. The number of methoxy groups -OCH3 is 1. The normalized spacial score (nSPS) is 20.9. The van der Waals surface area contributed by atoms with Gasteiger partial charge in [0.1, 0.15) is 0 Å². The van der Waals surface area contributed by atoms with Crippen molar-refractivity contribution >= 4 is 8.03 Å². The second kappa shape index (κ2) is 4.04. The van der Waals surface area contributed by atoms with Crippen LogP contribution in [0.5, 0.6) is 0 Å². The Hall–Kier alpha value is 0.150. The molecule has 0 aromatic carbocycles. The van der Waals surface area contributed by atoms with Gasteiger partial charge >= 0.3 is 0 Å². The molecule has 0 aromatic rings. The minimum atomic E-state index is -2.40. The number of ether oxygens (including phenoxy) is 1. The summed E-state index contributed by atoms with van der Waals surface area (Å²) in [6.07, 6.45) is -0.124. The molecule has 0 aliphatic heterocycles. The van der Waals surface area contributed by atoms with Gasteiger partial charge in [0.25, 0.3) is 0 Å². The van der Waals surface area contributed by atoms with Crippen LogP contribution in [0.4, 0.5) is 0 Å². The van der Waals surface area contributed by atoms with Crippen LogP contribution < -0.4 is 0 Å². The highest BCUT2D eigenvalue weighted by Gasteiger charge is 2.15. The van der Waals surface area contributed by atoms with E-state index >= 15 is 0 Å². The second-order valence-corrected chi connectivity index (χ2v) is 3.65. The lowest BCUT2D eigenvalue weighted by molar-refractivity contribution is 0.116. The average Bonchev–Trinajstić information content (AvgIpc) is 1.84. The smallest absolute Gasteiger partial charge is 0.194 e. The van der Waals surface area contributed by atoms with E-state index in [9.17, 15) is 4.57 Å². The standard InChI is InChI=1S/C5H13O3P/c1-4(8-3)5(2)9(6)7/h4-5,9H,1-3H3,(H,6,7). The number of hydrogen-bond acceptors (Lipinski definition) is 2. The monoisotopic (exact) mass is 152 g/mol. The molecule has 56 valence electrons. The Morgan fingerprint density at radius 1 is 1.56 bits per heavy atom. The molecule has 1 N–H and O–H groups in total. The van der Waals surface area contributed by atoms with Gasteiger partial charge in [-0.3, -0.25) is 4.57 Å². The Bertz CT molecular complexity index is 104. The molecule has 3 unspecified atom stereocenters. The summed E-state index contributed by atoms with van der Waals surface area (Å²) in [7, 11) is -0.865. The Labute approximate surface area is 55.9 Å². The van der Waals surface area contributed by atoms with Crippen molar-refractivity contribution in [2.24, 2.45) is 0 Å². The van der Waals surface area contributed by atoms with Crippen molar-refractivity contribution in [2.45, 2.75) is 25.6 Å². The fourth-order valence-electron chi connectivity index (χ4n) is 0.405. The molecule has 0 amide bonds. The quantitative estimate of drug-likeness (QED) is 0.610. The first-order valence-corrected chi connectivity index (χ1v) is 4.28. The van der Waals surface area contributed by atoms with Crippen molar-refractivity contribution < 1.29 is 14.2 Å². The maximum Gasteiger partial charge on any atom is 0.194 e. The lowest BCUT2D eigenvalue weighted by atomic mass is 10.3. The van der Waals surface area contributed by atoms with Crippen molar-refractivity contribution in [2.75, 3.05) is 7.11 Å². The minimum absolute atomic E-state index is 0.124. The summed E-state index contributed by atoms with van der Waals surface area (Å²) in [6.45, 7) is 3.49. The molecule has 0 aromatic heterocycles. The molecule has 3 atom stereocenters. The van der Waals surface area contributed by atoms with E-state index in [0.29, 0.717) is 0 Å². The summed E-state index contributed by atoms with van der Waals surface area (Å²) in [5.41, 5.74) is -0.236. The predicted molar refractivity (Wildman–Crippen MR) is 37.2 cm³/mol. The summed E-state index contributed by atoms with van der Waals surface area (Å²) in [6, 6.07) is 0. The lowest BCUT2D eigenvalue weighted by Crippen LogP contribution is -2.17. The number of rotatable bonds is 3. The molecule has 0 radical (unpaired) electrons. The van der Waals surface area contributed by atoms with Crippen LogP contribution in [-0.4, -0.2) is 23.8 Å². The SMILES string of the molecule is COC(C)C(C)[PH](=O)O. The van der Waals surface area contributed by atoms with E-state index < -0.39 is 8.03 Å². The molecule has 0 rings (SSSR count). The van der Waals surface area contributed by atoms with E-state index in [0.717, 1.165) is 0 Å². The predicted octanol–water partition coefficient (Wildman–Crippen LogP) is 0.877. The van der Waals surface area contributed by atoms with Gasteiger partial charge in [-0.1, -0.05) is 6.92 Å². The first-order valence-electron chi connectivity index (χ1n) is 2.85. The topological polar surface area (TPSA) is 46.5 Å². The second-order valence-electron chi connectivity index (χ2n) is 2.07. The average molecular weight is 152 g/mol. The molecule has 0 aliphatic carbocycles. The summed E-state index contributed by atoms with van der Waals surface area (Å²) in [5.74, 6) is 0. The Balaban J connectivity index is 3.72. The molecule has 0 saturated heterocycles. The molecule has 3 nitrogen and oxygen atoms in total. The summed E-state index contributed by atoms with van der Waals surface area (Å²) >= 11 is 0. The zero-order chi connectivity index (χ0) is 7.44. The first kappa shape index (κ1) is 9.15. The fraction of sp³-hybridized carbons (Fsp3) is 1.00. The molecular weight excluding hydrogens is 139 g/mol. The van der Waals surface area contributed by atoms with Gasteiger partial charge in [0.2, 0.25) is 0 Å². The van der Waals surface area contributed by atoms with Crippen LogP contribution in [0, 0.1) is 0 Å². The van der Waals surface area contributed by atoms with E-state index in [-0.39, 0.29) is 11.8 Å². The number of hydrogen-bond donors (Lipinski definition) is 1. The highest BCUT2D eigenvalue weighted by molar-refractivity contribution is 7.38. The van der Waals surface area contributed by atoms with Crippen molar-refractivity contribution in [3.05, 3.63) is 0 Å². The Morgan fingerprint density at radius 3 is 2.11 bits per heavy atom. The zero-order valence-corrected chi connectivity index (χ0v) is 6.92. The molecular formula is C5H13O3P. The van der Waals surface area contributed by atoms with Gasteiger partial charge in [0.15, 0.2) is 8.03 Å². The highest BCUT2D eigenvalue weighted by atomic mass is 31.1. The van der Waals surface area contributed by atoms with E-state index in [1.165, 1.54) is 7.11 Å². The summed E-state index contributed by atoms with van der Waals surface area (Å²) in [4.78, 5) is 8.59. The van der Waals surface area contributed by atoms with E-state index in [4.69, 9.17) is 9.63 Å². The van der Waals surface area contributed by atoms with Crippen LogP contribution in [0.2, 0.25) is 0 Å². The minimum Gasteiger partial charge on any atom is -0.381 e. The van der Waals surface area contributed by atoms with Gasteiger partial charge in [-0.25, -0.2) is 0 Å². The van der Waals surface area contributed by atoms with Crippen LogP contribution in [0.25, 0.3) is 0 Å². The van der Waals surface area contributed by atoms with Crippen molar-refractivity contribution in [1.29, 1.82) is 0 Å². The molecule has 0 heterocycles. The van der Waals surface area contributed by atoms with E-state index in [1.54, 1.807) is 13.8 Å². The summed E-state index contributed by atoms with van der Waals surface area (Å²) < 4.78 is 15.2. The van der Waals surface area contributed by atoms with E-state index in [1.807, 2.05) is 0 Å². The Kier molecular flexibility index (Phi) is 4.11. The molecule has 9 heavy (non-hydrogen) atoms. The lowest BCUT2D eigenvalue weighted by Gasteiger charge is -2.14. The Morgan fingerprint density at radius 2 is 2.00 bits per heavy atom. The third-order valence-corrected chi connectivity index (χ3v) is 2.71. The van der Waals surface area contributed by atoms with Crippen molar-refractivity contribution in [1.82, 2.24) is 0 Å². The van der Waals surface area contributed by atoms with Gasteiger partial charge in [0, 0.05) is 7.11 Å². The molecule has 4 heteroatoms. The maximum absolute atomic E-state index is 10.4. The van der Waals surface area contributed by atoms with E-state index in [2.05, 4.69) is 0 Å². The third kappa shape index (κ3) is 2.99. The molecule has 0 aliphatic rings. The highest BCUT2D eigenvalue weighted by Crippen LogP contribution is 2.25. The summed E-state index contributed by atoms with van der Waals surface area (Å²) in [5, 5.41) is 0. The van der Waals surface area contributed by atoms with Gasteiger partial charge in [-0.2, -0.15) is 0 Å². The maximum atomic E-state index is 10.4. The molecule has 0 fully saturated rings. The van der Waals surface area contributed by atoms with Crippen LogP contribution in [0.15, 0.2) is 0 Å². The molecule has 0 bridgehead atoms. The van der Waals surface area contributed by atoms with Gasteiger partial charge < -0.3 is 9.63 Å². The van der Waals surface area contributed by atoms with Crippen molar-refractivity contribution in [3.63, 3.8) is 0 Å². The van der Waals surface area contributed by atoms with Crippen LogP contribution in [0.3, 0.4) is 0 Å². The van der Waals surface area contributed by atoms with Gasteiger partial charge in [0.05, 0.1) is 11.8 Å². The van der Waals surface area contributed by atoms with Crippen molar-refractivity contribution in [3.8, 4) is 0 Å². The molecule has 0 spiro atoms. The molecule has 0 saturated carbocycles. The van der Waals surface area contributed by atoms with Crippen LogP contribution >= 0.6 is 8.03 Å². The van der Waals surface area contributed by atoms with Gasteiger partial charge in [-0.05, 0) is 6.92 Å². The zero-order valence-electron chi connectivity index (χ0n) is 5.92. The van der Waals surface area contributed by atoms with Gasteiger partial charge in [-0.15, -0.1) is 0 Å². The fourth-order valence-corrected chi connectivity index (χ4v) is 0.943. The third-order valence-electron chi connectivity index (χ3n) is 1.47. The largest absolute Gasteiger partial charge is 0.381 e. The van der Waals surface area contributed by atoms with Crippen LogP contribution in [0.1, 0.15) is 13.8 Å². The van der Waals surface area contributed by atoms with Crippen LogP contribution in [-0.2, 0) is 9.30 Å².